The van der Waals surface area contributed by atoms with Gasteiger partial charge in [-0.25, -0.2) is 0 Å². The van der Waals surface area contributed by atoms with Crippen molar-refractivity contribution >= 4 is 30.3 Å². The molecule has 0 spiro atoms. The van der Waals surface area contributed by atoms with Gasteiger partial charge in [0.2, 0.25) is 0 Å². The first-order valence-corrected chi connectivity index (χ1v) is 13.0. The van der Waals surface area contributed by atoms with Crippen LogP contribution in [-0.2, 0) is 24.2 Å². The molecular formula is C33H27Cl2Zr-. The van der Waals surface area contributed by atoms with E-state index in [0.29, 0.717) is 0 Å². The van der Waals surface area contributed by atoms with Crippen molar-refractivity contribution < 1.29 is 49.0 Å². The van der Waals surface area contributed by atoms with Gasteiger partial charge in [-0.2, -0.15) is 0 Å². The third kappa shape index (κ3) is 5.92. The van der Waals surface area contributed by atoms with Crippen molar-refractivity contribution in [1.82, 2.24) is 0 Å². The molecule has 0 N–H and O–H groups in total. The predicted octanol–water partition coefficient (Wildman–Crippen LogP) is 2.48. The van der Waals surface area contributed by atoms with Crippen LogP contribution in [0.15, 0.2) is 115 Å². The van der Waals surface area contributed by atoms with Crippen LogP contribution in [0.3, 0.4) is 0 Å². The van der Waals surface area contributed by atoms with Crippen molar-refractivity contribution in [2.75, 3.05) is 0 Å². The molecule has 0 saturated carbocycles. The van der Waals surface area contributed by atoms with Crippen molar-refractivity contribution in [2.45, 2.75) is 20.3 Å². The average Bonchev–Trinajstić information content (AvgIpc) is 3.53. The topological polar surface area (TPSA) is 0 Å². The Morgan fingerprint density at radius 1 is 0.750 bits per heavy atom. The average molecular weight is 586 g/mol. The summed E-state index contributed by atoms with van der Waals surface area (Å²) in [5.41, 5.74) is 8.24. The Kier molecular flexibility index (Phi) is 9.92. The van der Waals surface area contributed by atoms with Gasteiger partial charge in [0, 0.05) is 0 Å². The van der Waals surface area contributed by atoms with E-state index in [1.165, 1.54) is 82.4 Å². The zero-order valence-electron chi connectivity index (χ0n) is 20.4. The standard InChI is InChI=1S/C20H17.C13H10.2ClH.Zr/c1-13-7-9-17-16(11-13)12-19-18(17)10-8-14(2)20(19)15-5-3-4-6-15;1-3-7-12(8-4-1)11-13-9-5-2-6-10-13;;;/h3-5,7-12H,6H2,1-2H3;1-10H;2*1H;/q-1;;;;+2/p-2. The maximum absolute atomic E-state index is 2.36. The van der Waals surface area contributed by atoms with E-state index < -0.39 is 0 Å². The fraction of sp³-hybridized carbons (Fsp3) is 0.0909. The first kappa shape index (κ1) is 28.1. The van der Waals surface area contributed by atoms with Gasteiger partial charge in [0.15, 0.2) is 0 Å². The molecule has 0 atom stereocenters. The molecule has 0 unspecified atom stereocenters. The van der Waals surface area contributed by atoms with Gasteiger partial charge in [-0.15, -0.1) is 33.7 Å². The van der Waals surface area contributed by atoms with Crippen LogP contribution in [0.25, 0.3) is 27.1 Å². The van der Waals surface area contributed by atoms with Gasteiger partial charge in [-0.1, -0.05) is 64.8 Å². The zero-order valence-corrected chi connectivity index (χ0v) is 24.4. The summed E-state index contributed by atoms with van der Waals surface area (Å²) in [5.74, 6) is 0. The minimum absolute atomic E-state index is 0. The van der Waals surface area contributed by atoms with Crippen LogP contribution in [0, 0.1) is 13.8 Å². The quantitative estimate of drug-likeness (QED) is 0.286. The molecule has 0 aromatic heterocycles. The number of hydrogen-bond donors (Lipinski definition) is 0. The molecule has 178 valence electrons. The van der Waals surface area contributed by atoms with Gasteiger partial charge in [-0.3, -0.25) is 0 Å². The fourth-order valence-corrected chi connectivity index (χ4v) is 5.57. The normalized spacial score (nSPS) is 11.8. The van der Waals surface area contributed by atoms with Crippen LogP contribution in [-0.4, -0.2) is 3.21 Å². The van der Waals surface area contributed by atoms with Crippen molar-refractivity contribution in [1.29, 1.82) is 0 Å². The van der Waals surface area contributed by atoms with Gasteiger partial charge >= 0.3 is 99.2 Å². The van der Waals surface area contributed by atoms with E-state index in [4.69, 9.17) is 0 Å². The van der Waals surface area contributed by atoms with Crippen LogP contribution >= 0.6 is 0 Å². The Bertz CT molecular complexity index is 1500. The molecule has 6 rings (SSSR count). The third-order valence-electron chi connectivity index (χ3n) is 6.47. The summed E-state index contributed by atoms with van der Waals surface area (Å²) in [4.78, 5) is 0. The predicted molar refractivity (Wildman–Crippen MR) is 144 cm³/mol. The molecule has 0 radical (unpaired) electrons. The minimum atomic E-state index is 0. The van der Waals surface area contributed by atoms with Crippen LogP contribution in [0.4, 0.5) is 0 Å². The molecule has 0 bridgehead atoms. The van der Waals surface area contributed by atoms with Crippen LogP contribution in [0.1, 0.15) is 34.2 Å². The van der Waals surface area contributed by atoms with Gasteiger partial charge in [-0.05, 0) is 20.3 Å². The molecule has 0 saturated heterocycles. The van der Waals surface area contributed by atoms with Crippen LogP contribution in [0.5, 0.6) is 0 Å². The first-order valence-electron chi connectivity index (χ1n) is 11.8. The van der Waals surface area contributed by atoms with E-state index in [-0.39, 0.29) is 24.8 Å². The number of hydrogen-bond acceptors (Lipinski definition) is 0. The molecule has 1 aliphatic carbocycles. The number of allylic oxidation sites excluding steroid dienone is 4. The molecule has 5 aromatic carbocycles. The summed E-state index contributed by atoms with van der Waals surface area (Å²) < 4.78 is 1.42. The third-order valence-corrected chi connectivity index (χ3v) is 7.89. The van der Waals surface area contributed by atoms with Crippen molar-refractivity contribution in [3.63, 3.8) is 0 Å². The summed E-state index contributed by atoms with van der Waals surface area (Å²) in [5, 5.41) is 5.52. The van der Waals surface area contributed by atoms with E-state index in [1.54, 1.807) is 0 Å². The number of fused-ring (bicyclic) bond motifs is 3. The summed E-state index contributed by atoms with van der Waals surface area (Å²) in [7, 11) is 0. The van der Waals surface area contributed by atoms with E-state index in [1.807, 2.05) is 0 Å². The fourth-order valence-electron chi connectivity index (χ4n) is 4.75. The van der Waals surface area contributed by atoms with Gasteiger partial charge in [0.25, 0.3) is 0 Å². The van der Waals surface area contributed by atoms with Crippen molar-refractivity contribution in [2.24, 2.45) is 0 Å². The Balaban J connectivity index is 0.000000201. The first-order chi connectivity index (χ1) is 16.6. The Morgan fingerprint density at radius 2 is 1.36 bits per heavy atom. The summed E-state index contributed by atoms with van der Waals surface area (Å²) in [6, 6.07) is 34.7. The second-order valence-electron chi connectivity index (χ2n) is 8.88. The van der Waals surface area contributed by atoms with Gasteiger partial charge < -0.3 is 24.8 Å². The molecule has 0 nitrogen and oxygen atoms in total. The molecule has 36 heavy (non-hydrogen) atoms. The second kappa shape index (κ2) is 12.7. The van der Waals surface area contributed by atoms with E-state index >= 15 is 0 Å². The number of aryl methyl sites for hydroxylation is 2. The van der Waals surface area contributed by atoms with Crippen LogP contribution < -0.4 is 24.8 Å². The van der Waals surface area contributed by atoms with E-state index in [9.17, 15) is 0 Å². The maximum atomic E-state index is 2.36. The number of benzene rings is 4. The van der Waals surface area contributed by atoms with Crippen molar-refractivity contribution in [3.8, 4) is 0 Å². The van der Waals surface area contributed by atoms with E-state index in [2.05, 4.69) is 129 Å². The SMILES string of the molecule is Cc1ccc2c(c1)[cH-]c1c(C3=CC=CC3)c(C)ccc12.[Cl-].[Cl-].[Zr+2]=[C](c1ccccc1)c1ccccc1. The molecule has 3 heteroatoms. The molecule has 5 aromatic rings. The number of halogens is 2. The molecular weight excluding hydrogens is 558 g/mol. The molecule has 0 aliphatic heterocycles. The monoisotopic (exact) mass is 583 g/mol. The summed E-state index contributed by atoms with van der Waals surface area (Å²) in [6.07, 6.45) is 7.71. The Hall–Kier alpha value is -2.44. The Labute approximate surface area is 241 Å². The molecule has 0 fully saturated rings. The second-order valence-corrected chi connectivity index (χ2v) is 10.1. The van der Waals surface area contributed by atoms with Gasteiger partial charge in [0.05, 0.1) is 0 Å². The van der Waals surface area contributed by atoms with E-state index in [0.717, 1.165) is 6.42 Å². The van der Waals surface area contributed by atoms with Crippen molar-refractivity contribution in [3.05, 3.63) is 143 Å². The van der Waals surface area contributed by atoms with Crippen LogP contribution in [0.2, 0.25) is 0 Å². The molecule has 1 aliphatic rings. The summed E-state index contributed by atoms with van der Waals surface area (Å²) in [6.45, 7) is 4.38. The zero-order chi connectivity index (χ0) is 23.5. The Morgan fingerprint density at radius 3 is 1.94 bits per heavy atom. The molecule has 0 heterocycles. The summed E-state index contributed by atoms with van der Waals surface area (Å²) >= 11 is 1.46. The molecule has 0 amide bonds. The number of rotatable bonds is 3. The van der Waals surface area contributed by atoms with Gasteiger partial charge in [0.1, 0.15) is 0 Å².